The van der Waals surface area contributed by atoms with E-state index in [1.54, 1.807) is 17.8 Å². The van der Waals surface area contributed by atoms with E-state index >= 15 is 0 Å². The van der Waals surface area contributed by atoms with Crippen molar-refractivity contribution in [2.24, 2.45) is 10.1 Å². The predicted octanol–water partition coefficient (Wildman–Crippen LogP) is 4.05. The van der Waals surface area contributed by atoms with Crippen LogP contribution in [0.25, 0.3) is 11.3 Å². The van der Waals surface area contributed by atoms with Gasteiger partial charge in [0.15, 0.2) is 0 Å². The molecule has 0 fully saturated rings. The number of aromatic hydroxyl groups is 2. The van der Waals surface area contributed by atoms with E-state index in [9.17, 15) is 10.2 Å². The van der Waals surface area contributed by atoms with Gasteiger partial charge in [-0.25, -0.2) is 4.68 Å². The van der Waals surface area contributed by atoms with E-state index in [-0.39, 0.29) is 11.5 Å². The number of thiazole rings is 1. The molecule has 0 unspecified atom stereocenters. The summed E-state index contributed by atoms with van der Waals surface area (Å²) < 4.78 is 1.79. The van der Waals surface area contributed by atoms with Crippen molar-refractivity contribution in [3.8, 4) is 22.8 Å². The van der Waals surface area contributed by atoms with Gasteiger partial charge in [0.05, 0.1) is 11.4 Å². The Balaban J connectivity index is 2.15. The van der Waals surface area contributed by atoms with Crippen molar-refractivity contribution in [1.82, 2.24) is 4.68 Å². The van der Waals surface area contributed by atoms with Crippen LogP contribution in [0.1, 0.15) is 23.6 Å². The fraction of sp³-hybridized carbons (Fsp3) is 0.200. The third-order valence-corrected chi connectivity index (χ3v) is 5.21. The van der Waals surface area contributed by atoms with Gasteiger partial charge in [0, 0.05) is 29.6 Å². The minimum Gasteiger partial charge on any atom is -0.508 e. The van der Waals surface area contributed by atoms with Crippen LogP contribution in [0.3, 0.4) is 0 Å². The molecule has 0 saturated heterocycles. The molecule has 3 rings (SSSR count). The van der Waals surface area contributed by atoms with Crippen LogP contribution < -0.4 is 4.80 Å². The summed E-state index contributed by atoms with van der Waals surface area (Å²) >= 11 is 1.51. The van der Waals surface area contributed by atoms with E-state index in [1.165, 1.54) is 34.6 Å². The standard InChI is InChI=1S/C20H21N3O2S/c1-12-5-6-15(9-13(12)2)18-11-26-20(21-4)23(18)22-14(3)17-8-7-16(24)10-19(17)25/h5-11,24-25H,1-4H3. The first-order valence-corrected chi connectivity index (χ1v) is 9.07. The van der Waals surface area contributed by atoms with E-state index in [0.717, 1.165) is 16.1 Å². The third-order valence-electron chi connectivity index (χ3n) is 4.30. The fourth-order valence-electron chi connectivity index (χ4n) is 2.68. The Morgan fingerprint density at radius 2 is 1.81 bits per heavy atom. The number of aromatic nitrogens is 1. The molecule has 1 aromatic heterocycles. The van der Waals surface area contributed by atoms with Crippen LogP contribution in [0.5, 0.6) is 11.5 Å². The molecule has 0 radical (unpaired) electrons. The maximum absolute atomic E-state index is 10.1. The first kappa shape index (κ1) is 17.9. The van der Waals surface area contributed by atoms with Gasteiger partial charge >= 0.3 is 0 Å². The lowest BCUT2D eigenvalue weighted by atomic mass is 10.1. The molecule has 0 aliphatic carbocycles. The van der Waals surface area contributed by atoms with Crippen LogP contribution >= 0.6 is 11.3 Å². The Morgan fingerprint density at radius 3 is 2.46 bits per heavy atom. The molecule has 0 atom stereocenters. The van der Waals surface area contributed by atoms with Crippen molar-refractivity contribution in [2.45, 2.75) is 20.8 Å². The van der Waals surface area contributed by atoms with E-state index in [4.69, 9.17) is 0 Å². The summed E-state index contributed by atoms with van der Waals surface area (Å²) in [5.74, 6) is 0.00657. The van der Waals surface area contributed by atoms with Crippen LogP contribution in [-0.2, 0) is 0 Å². The van der Waals surface area contributed by atoms with E-state index in [2.05, 4.69) is 42.1 Å². The zero-order valence-electron chi connectivity index (χ0n) is 15.2. The lowest BCUT2D eigenvalue weighted by molar-refractivity contribution is 0.450. The highest BCUT2D eigenvalue weighted by molar-refractivity contribution is 7.07. The molecule has 3 aromatic rings. The summed E-state index contributed by atoms with van der Waals surface area (Å²) in [5, 5.41) is 26.3. The molecule has 0 saturated carbocycles. The molecule has 6 heteroatoms. The molecule has 2 N–H and O–H groups in total. The number of rotatable bonds is 3. The van der Waals surface area contributed by atoms with Gasteiger partial charge in [-0.15, -0.1) is 11.3 Å². The zero-order chi connectivity index (χ0) is 18.8. The Kier molecular flexibility index (Phi) is 4.95. The van der Waals surface area contributed by atoms with Crippen LogP contribution in [0.4, 0.5) is 0 Å². The molecule has 0 spiro atoms. The Bertz CT molecular complexity index is 1060. The number of phenols is 2. The largest absolute Gasteiger partial charge is 0.508 e. The molecular formula is C20H21N3O2S. The van der Waals surface area contributed by atoms with Gasteiger partial charge in [0.2, 0.25) is 4.80 Å². The maximum atomic E-state index is 10.1. The normalized spacial score (nSPS) is 12.6. The van der Waals surface area contributed by atoms with Crippen molar-refractivity contribution in [2.75, 3.05) is 7.05 Å². The number of hydrogen-bond acceptors (Lipinski definition) is 5. The first-order valence-electron chi connectivity index (χ1n) is 8.19. The Labute approximate surface area is 156 Å². The van der Waals surface area contributed by atoms with Gasteiger partial charge in [0.25, 0.3) is 0 Å². The average Bonchev–Trinajstić information content (AvgIpc) is 2.99. The number of nitrogens with zero attached hydrogens (tertiary/aromatic N) is 3. The number of phenolic OH excluding ortho intramolecular Hbond substituents is 2. The molecule has 0 bridgehead atoms. The van der Waals surface area contributed by atoms with E-state index in [1.807, 2.05) is 12.3 Å². The lowest BCUT2D eigenvalue weighted by Crippen LogP contribution is -2.14. The monoisotopic (exact) mass is 367 g/mol. The number of hydrogen-bond donors (Lipinski definition) is 2. The van der Waals surface area contributed by atoms with Crippen molar-refractivity contribution in [3.05, 3.63) is 63.3 Å². The summed E-state index contributed by atoms with van der Waals surface area (Å²) in [5.41, 5.74) is 5.65. The second-order valence-corrected chi connectivity index (χ2v) is 6.96. The van der Waals surface area contributed by atoms with Crippen molar-refractivity contribution in [3.63, 3.8) is 0 Å². The predicted molar refractivity (Wildman–Crippen MR) is 106 cm³/mol. The average molecular weight is 367 g/mol. The molecular weight excluding hydrogens is 346 g/mol. The number of aryl methyl sites for hydroxylation is 2. The minimum atomic E-state index is -0.00945. The summed E-state index contributed by atoms with van der Waals surface area (Å²) in [6, 6.07) is 10.8. The maximum Gasteiger partial charge on any atom is 0.205 e. The Morgan fingerprint density at radius 1 is 1.04 bits per heavy atom. The summed E-state index contributed by atoms with van der Waals surface area (Å²) in [6.07, 6.45) is 0. The highest BCUT2D eigenvalue weighted by Gasteiger charge is 2.11. The summed E-state index contributed by atoms with van der Waals surface area (Å²) in [4.78, 5) is 5.07. The molecule has 0 aliphatic rings. The van der Waals surface area contributed by atoms with Crippen LogP contribution in [0.15, 0.2) is 51.9 Å². The van der Waals surface area contributed by atoms with Crippen LogP contribution in [-0.4, -0.2) is 27.6 Å². The number of benzene rings is 2. The smallest absolute Gasteiger partial charge is 0.205 e. The van der Waals surface area contributed by atoms with Crippen molar-refractivity contribution < 1.29 is 10.2 Å². The molecule has 0 aliphatic heterocycles. The molecule has 5 nitrogen and oxygen atoms in total. The van der Waals surface area contributed by atoms with Gasteiger partial charge in [-0.2, -0.15) is 5.10 Å². The molecule has 1 heterocycles. The quantitative estimate of drug-likeness (QED) is 0.686. The second-order valence-electron chi connectivity index (χ2n) is 6.12. The minimum absolute atomic E-state index is 0.00945. The topological polar surface area (TPSA) is 70.1 Å². The van der Waals surface area contributed by atoms with Crippen molar-refractivity contribution in [1.29, 1.82) is 0 Å². The Hall–Kier alpha value is -2.86. The van der Waals surface area contributed by atoms with Gasteiger partial charge < -0.3 is 10.2 Å². The van der Waals surface area contributed by atoms with E-state index < -0.39 is 0 Å². The van der Waals surface area contributed by atoms with Crippen LogP contribution in [0, 0.1) is 13.8 Å². The SMILES string of the molecule is CN=c1scc(-c2ccc(C)c(C)c2)n1N=C(C)c1ccc(O)cc1O. The van der Waals surface area contributed by atoms with E-state index in [0.29, 0.717) is 11.3 Å². The van der Waals surface area contributed by atoms with Gasteiger partial charge in [-0.3, -0.25) is 4.99 Å². The zero-order valence-corrected chi connectivity index (χ0v) is 16.0. The molecule has 26 heavy (non-hydrogen) atoms. The van der Waals surface area contributed by atoms with Gasteiger partial charge in [-0.05, 0) is 50.1 Å². The first-order chi connectivity index (χ1) is 12.4. The second kappa shape index (κ2) is 7.17. The van der Waals surface area contributed by atoms with Crippen LogP contribution in [0.2, 0.25) is 0 Å². The van der Waals surface area contributed by atoms with Crippen molar-refractivity contribution >= 4 is 17.0 Å². The molecule has 134 valence electrons. The molecule has 0 amide bonds. The van der Waals surface area contributed by atoms with Gasteiger partial charge in [-0.1, -0.05) is 12.1 Å². The highest BCUT2D eigenvalue weighted by Crippen LogP contribution is 2.25. The highest BCUT2D eigenvalue weighted by atomic mass is 32.1. The summed E-state index contributed by atoms with van der Waals surface area (Å²) in [7, 11) is 1.73. The third kappa shape index (κ3) is 3.41. The molecule has 2 aromatic carbocycles. The van der Waals surface area contributed by atoms with Gasteiger partial charge in [0.1, 0.15) is 11.5 Å². The lowest BCUT2D eigenvalue weighted by Gasteiger charge is -2.09. The fourth-order valence-corrected chi connectivity index (χ4v) is 3.47. The summed E-state index contributed by atoms with van der Waals surface area (Å²) in [6.45, 7) is 5.99.